The molecule has 0 aliphatic rings. The van der Waals surface area contributed by atoms with E-state index in [1.54, 1.807) is 25.3 Å². The molecular weight excluding hydrogens is 359 g/mol. The molecule has 4 nitrogen and oxygen atoms in total. The van der Waals surface area contributed by atoms with Crippen LogP contribution in [0.15, 0.2) is 78.9 Å². The molecule has 0 radical (unpaired) electrons. The fourth-order valence-corrected chi connectivity index (χ4v) is 2.45. The third-order valence-electron chi connectivity index (χ3n) is 3.95. The highest BCUT2D eigenvalue weighted by atomic mass is 19.1. The Kier molecular flexibility index (Phi) is 5.97. The molecule has 0 unspecified atom stereocenters. The van der Waals surface area contributed by atoms with Crippen molar-refractivity contribution in [3.63, 3.8) is 0 Å². The predicted molar refractivity (Wildman–Crippen MR) is 104 cm³/mol. The molecule has 0 heterocycles. The Labute approximate surface area is 161 Å². The lowest BCUT2D eigenvalue weighted by atomic mass is 10.1. The highest BCUT2D eigenvalue weighted by Crippen LogP contribution is 2.17. The minimum atomic E-state index is -0.600. The Morgan fingerprint density at radius 1 is 0.857 bits per heavy atom. The first-order valence-electron chi connectivity index (χ1n) is 8.49. The monoisotopic (exact) mass is 376 g/mol. The van der Waals surface area contributed by atoms with Gasteiger partial charge in [0.05, 0.1) is 12.7 Å². The quantitative estimate of drug-likeness (QED) is 0.264. The smallest absolute Gasteiger partial charge is 0.343 e. The molecule has 0 spiro atoms. The van der Waals surface area contributed by atoms with E-state index in [9.17, 15) is 14.0 Å². The van der Waals surface area contributed by atoms with Crippen molar-refractivity contribution in [3.8, 4) is 11.5 Å². The SMILES string of the molecule is COc1cccc(C=CC(=O)c2ccc(OC(=O)c3ccc(F)cc3)cc2)c1. The molecule has 0 aliphatic heterocycles. The van der Waals surface area contributed by atoms with Gasteiger partial charge >= 0.3 is 5.97 Å². The molecule has 0 fully saturated rings. The van der Waals surface area contributed by atoms with Crippen molar-refractivity contribution in [2.24, 2.45) is 0 Å². The Bertz CT molecular complexity index is 1010. The van der Waals surface area contributed by atoms with Crippen molar-refractivity contribution < 1.29 is 23.5 Å². The van der Waals surface area contributed by atoms with Gasteiger partial charge in [0.15, 0.2) is 5.78 Å². The summed E-state index contributed by atoms with van der Waals surface area (Å²) in [5.41, 5.74) is 1.54. The minimum absolute atomic E-state index is 0.181. The van der Waals surface area contributed by atoms with E-state index in [0.29, 0.717) is 17.1 Å². The van der Waals surface area contributed by atoms with Gasteiger partial charge < -0.3 is 9.47 Å². The second-order valence-electron chi connectivity index (χ2n) is 5.89. The Morgan fingerprint density at radius 3 is 2.21 bits per heavy atom. The molecule has 0 N–H and O–H groups in total. The summed E-state index contributed by atoms with van der Waals surface area (Å²) in [7, 11) is 1.58. The molecular formula is C23H17FO4. The highest BCUT2D eigenvalue weighted by Gasteiger charge is 2.09. The number of carbonyl (C=O) groups excluding carboxylic acids is 2. The van der Waals surface area contributed by atoms with Crippen LogP contribution in [0, 0.1) is 5.82 Å². The maximum absolute atomic E-state index is 12.9. The molecule has 28 heavy (non-hydrogen) atoms. The molecule has 3 aromatic rings. The summed E-state index contributed by atoms with van der Waals surface area (Å²) >= 11 is 0. The number of halogens is 1. The Morgan fingerprint density at radius 2 is 1.54 bits per heavy atom. The van der Waals surface area contributed by atoms with Crippen molar-refractivity contribution in [1.29, 1.82) is 0 Å². The Balaban J connectivity index is 1.64. The van der Waals surface area contributed by atoms with E-state index in [4.69, 9.17) is 9.47 Å². The van der Waals surface area contributed by atoms with Crippen LogP contribution < -0.4 is 9.47 Å². The molecule has 140 valence electrons. The van der Waals surface area contributed by atoms with Crippen molar-refractivity contribution >= 4 is 17.8 Å². The number of ketones is 1. The molecule has 3 rings (SSSR count). The number of allylic oxidation sites excluding steroid dienone is 1. The lowest BCUT2D eigenvalue weighted by Crippen LogP contribution is -2.08. The Hall–Kier alpha value is -3.73. The van der Waals surface area contributed by atoms with Gasteiger partial charge in [0.1, 0.15) is 17.3 Å². The zero-order valence-corrected chi connectivity index (χ0v) is 15.1. The van der Waals surface area contributed by atoms with E-state index in [0.717, 1.165) is 5.56 Å². The minimum Gasteiger partial charge on any atom is -0.497 e. The normalized spacial score (nSPS) is 10.6. The van der Waals surface area contributed by atoms with E-state index in [1.165, 1.54) is 42.5 Å². The lowest BCUT2D eigenvalue weighted by molar-refractivity contribution is 0.0734. The van der Waals surface area contributed by atoms with Crippen LogP contribution in [-0.4, -0.2) is 18.9 Å². The maximum Gasteiger partial charge on any atom is 0.343 e. The van der Waals surface area contributed by atoms with Gasteiger partial charge in [-0.1, -0.05) is 18.2 Å². The number of esters is 1. The first-order valence-corrected chi connectivity index (χ1v) is 8.49. The van der Waals surface area contributed by atoms with Crippen LogP contribution in [0.4, 0.5) is 4.39 Å². The molecule has 5 heteroatoms. The fourth-order valence-electron chi connectivity index (χ4n) is 2.45. The number of ether oxygens (including phenoxy) is 2. The van der Waals surface area contributed by atoms with Gasteiger partial charge in [-0.15, -0.1) is 0 Å². The fraction of sp³-hybridized carbons (Fsp3) is 0.0435. The van der Waals surface area contributed by atoms with Crippen LogP contribution in [0.2, 0.25) is 0 Å². The summed E-state index contributed by atoms with van der Waals surface area (Å²) in [4.78, 5) is 24.3. The second kappa shape index (κ2) is 8.77. The van der Waals surface area contributed by atoms with Gasteiger partial charge in [0, 0.05) is 5.56 Å². The van der Waals surface area contributed by atoms with Crippen molar-refractivity contribution in [2.75, 3.05) is 7.11 Å². The van der Waals surface area contributed by atoms with E-state index in [2.05, 4.69) is 0 Å². The van der Waals surface area contributed by atoms with Gasteiger partial charge in [-0.2, -0.15) is 0 Å². The highest BCUT2D eigenvalue weighted by molar-refractivity contribution is 6.06. The third kappa shape index (κ3) is 4.92. The van der Waals surface area contributed by atoms with Crippen LogP contribution in [-0.2, 0) is 0 Å². The van der Waals surface area contributed by atoms with E-state index >= 15 is 0 Å². The van der Waals surface area contributed by atoms with Gasteiger partial charge in [0.25, 0.3) is 0 Å². The number of methoxy groups -OCH3 is 1. The van der Waals surface area contributed by atoms with Crippen LogP contribution in [0.3, 0.4) is 0 Å². The zero-order valence-electron chi connectivity index (χ0n) is 15.1. The standard InChI is InChI=1S/C23H17FO4/c1-27-21-4-2-3-16(15-21)5-14-22(25)17-8-12-20(13-9-17)28-23(26)18-6-10-19(24)11-7-18/h2-15H,1H3. The molecule has 0 atom stereocenters. The summed E-state index contributed by atoms with van der Waals surface area (Å²) in [6, 6.07) is 18.6. The summed E-state index contributed by atoms with van der Waals surface area (Å²) in [6.07, 6.45) is 3.17. The average molecular weight is 376 g/mol. The van der Waals surface area contributed by atoms with E-state index in [1.807, 2.05) is 24.3 Å². The van der Waals surface area contributed by atoms with Crippen LogP contribution >= 0.6 is 0 Å². The largest absolute Gasteiger partial charge is 0.497 e. The molecule has 0 saturated carbocycles. The van der Waals surface area contributed by atoms with Crippen molar-refractivity contribution in [1.82, 2.24) is 0 Å². The summed E-state index contributed by atoms with van der Waals surface area (Å²) < 4.78 is 23.3. The van der Waals surface area contributed by atoms with Crippen LogP contribution in [0.25, 0.3) is 6.08 Å². The maximum atomic E-state index is 12.9. The number of carbonyl (C=O) groups is 2. The average Bonchev–Trinajstić information content (AvgIpc) is 2.73. The first kappa shape index (κ1) is 19.0. The molecule has 3 aromatic carbocycles. The van der Waals surface area contributed by atoms with Gasteiger partial charge in [0.2, 0.25) is 0 Å². The topological polar surface area (TPSA) is 52.6 Å². The number of benzene rings is 3. The predicted octanol–water partition coefficient (Wildman–Crippen LogP) is 4.95. The third-order valence-corrected chi connectivity index (χ3v) is 3.95. The van der Waals surface area contributed by atoms with Gasteiger partial charge in [-0.25, -0.2) is 9.18 Å². The van der Waals surface area contributed by atoms with E-state index < -0.39 is 11.8 Å². The lowest BCUT2D eigenvalue weighted by Gasteiger charge is -2.05. The number of rotatable bonds is 6. The second-order valence-corrected chi connectivity index (χ2v) is 5.89. The summed E-state index contributed by atoms with van der Waals surface area (Å²) in [5.74, 6) is -0.206. The van der Waals surface area contributed by atoms with Gasteiger partial charge in [-0.3, -0.25) is 4.79 Å². The molecule has 0 aliphatic carbocycles. The first-order chi connectivity index (χ1) is 13.5. The van der Waals surface area contributed by atoms with Crippen LogP contribution in [0.1, 0.15) is 26.3 Å². The molecule has 0 aromatic heterocycles. The summed E-state index contributed by atoms with van der Waals surface area (Å²) in [6.45, 7) is 0. The molecule has 0 amide bonds. The van der Waals surface area contributed by atoms with Crippen LogP contribution in [0.5, 0.6) is 11.5 Å². The summed E-state index contributed by atoms with van der Waals surface area (Å²) in [5, 5.41) is 0. The number of hydrogen-bond donors (Lipinski definition) is 0. The van der Waals surface area contributed by atoms with Gasteiger partial charge in [-0.05, 0) is 72.3 Å². The molecule has 0 bridgehead atoms. The zero-order chi connectivity index (χ0) is 19.9. The van der Waals surface area contributed by atoms with E-state index in [-0.39, 0.29) is 11.3 Å². The van der Waals surface area contributed by atoms with Crippen molar-refractivity contribution in [2.45, 2.75) is 0 Å². The van der Waals surface area contributed by atoms with Crippen molar-refractivity contribution in [3.05, 3.63) is 101 Å². The number of hydrogen-bond acceptors (Lipinski definition) is 4. The molecule has 0 saturated heterocycles.